The molecule has 1 aliphatic heterocycles. The average molecular weight is 167 g/mol. The summed E-state index contributed by atoms with van der Waals surface area (Å²) in [6, 6.07) is 0. The summed E-state index contributed by atoms with van der Waals surface area (Å²) in [5.74, 6) is 0.227. The monoisotopic (exact) mass is 167 g/mol. The minimum atomic E-state index is 0.0393. The van der Waals surface area contributed by atoms with Gasteiger partial charge in [0.2, 0.25) is 11.8 Å². The van der Waals surface area contributed by atoms with Crippen molar-refractivity contribution in [2.75, 3.05) is 6.54 Å². The number of likely N-dealkylation sites (tertiary alicyclic amines) is 1. The van der Waals surface area contributed by atoms with Gasteiger partial charge in [0, 0.05) is 6.54 Å². The van der Waals surface area contributed by atoms with E-state index in [1.807, 2.05) is 6.92 Å². The van der Waals surface area contributed by atoms with Gasteiger partial charge in [0.05, 0.1) is 11.8 Å². The largest absolute Gasteiger partial charge is 0.282 e. The first-order chi connectivity index (χ1) is 5.75. The zero-order valence-corrected chi connectivity index (χ0v) is 7.25. The van der Waals surface area contributed by atoms with Crippen LogP contribution in [0.25, 0.3) is 0 Å². The van der Waals surface area contributed by atoms with Crippen LogP contribution in [-0.4, -0.2) is 23.3 Å². The number of hydrogen-bond donors (Lipinski definition) is 0. The molecule has 1 saturated heterocycles. The second kappa shape index (κ2) is 2.57. The maximum Gasteiger partial charge on any atom is 0.233 e. The van der Waals surface area contributed by atoms with Crippen LogP contribution in [0.1, 0.15) is 26.2 Å². The fraction of sp³-hybridized carbons (Fsp3) is 0.778. The van der Waals surface area contributed by atoms with Gasteiger partial charge in [0.1, 0.15) is 0 Å². The molecule has 2 aliphatic rings. The van der Waals surface area contributed by atoms with Crippen molar-refractivity contribution in [3.05, 3.63) is 0 Å². The fourth-order valence-electron chi connectivity index (χ4n) is 2.37. The molecular weight excluding hydrogens is 154 g/mol. The van der Waals surface area contributed by atoms with Crippen molar-refractivity contribution in [3.63, 3.8) is 0 Å². The SMILES string of the molecule is CCN1C(=O)C2CCCC2C1=O. The Morgan fingerprint density at radius 2 is 1.75 bits per heavy atom. The number of amides is 2. The third-order valence-electron chi connectivity index (χ3n) is 3.00. The van der Waals surface area contributed by atoms with Crippen molar-refractivity contribution < 1.29 is 9.59 Å². The molecule has 3 nitrogen and oxygen atoms in total. The maximum absolute atomic E-state index is 11.5. The first-order valence-electron chi connectivity index (χ1n) is 4.61. The molecule has 0 radical (unpaired) electrons. The molecule has 1 aliphatic carbocycles. The molecule has 66 valence electrons. The molecule has 3 heteroatoms. The lowest BCUT2D eigenvalue weighted by Gasteiger charge is -2.11. The van der Waals surface area contributed by atoms with Crippen LogP contribution < -0.4 is 0 Å². The van der Waals surface area contributed by atoms with Gasteiger partial charge in [0.15, 0.2) is 0 Å². The third-order valence-corrected chi connectivity index (χ3v) is 3.00. The van der Waals surface area contributed by atoms with E-state index in [0.717, 1.165) is 19.3 Å². The second-order valence-electron chi connectivity index (χ2n) is 3.56. The Hall–Kier alpha value is -0.860. The van der Waals surface area contributed by atoms with Gasteiger partial charge < -0.3 is 0 Å². The van der Waals surface area contributed by atoms with Crippen LogP contribution in [0.4, 0.5) is 0 Å². The molecule has 0 bridgehead atoms. The van der Waals surface area contributed by atoms with Gasteiger partial charge in [-0.1, -0.05) is 6.42 Å². The molecule has 0 aromatic heterocycles. The van der Waals surface area contributed by atoms with Gasteiger partial charge in [-0.2, -0.15) is 0 Å². The van der Waals surface area contributed by atoms with Crippen LogP contribution in [0.5, 0.6) is 0 Å². The van der Waals surface area contributed by atoms with Gasteiger partial charge in [-0.15, -0.1) is 0 Å². The molecule has 2 fully saturated rings. The fourth-order valence-corrected chi connectivity index (χ4v) is 2.37. The third kappa shape index (κ3) is 0.822. The lowest BCUT2D eigenvalue weighted by Crippen LogP contribution is -2.31. The lowest BCUT2D eigenvalue weighted by molar-refractivity contribution is -0.140. The predicted molar refractivity (Wildman–Crippen MR) is 43.2 cm³/mol. The summed E-state index contributed by atoms with van der Waals surface area (Å²) in [7, 11) is 0. The molecule has 12 heavy (non-hydrogen) atoms. The summed E-state index contributed by atoms with van der Waals surface area (Å²) in [5.41, 5.74) is 0. The Balaban J connectivity index is 2.25. The summed E-state index contributed by atoms with van der Waals surface area (Å²) < 4.78 is 0. The number of rotatable bonds is 1. The zero-order valence-electron chi connectivity index (χ0n) is 7.25. The Labute approximate surface area is 71.7 Å². The number of nitrogens with zero attached hydrogens (tertiary/aromatic N) is 1. The van der Waals surface area contributed by atoms with E-state index in [0.29, 0.717) is 6.54 Å². The topological polar surface area (TPSA) is 37.4 Å². The van der Waals surface area contributed by atoms with E-state index in [4.69, 9.17) is 0 Å². The molecule has 2 amide bonds. The van der Waals surface area contributed by atoms with Crippen molar-refractivity contribution in [1.82, 2.24) is 4.90 Å². The number of imide groups is 1. The summed E-state index contributed by atoms with van der Waals surface area (Å²) >= 11 is 0. The minimum absolute atomic E-state index is 0.0393. The number of fused-ring (bicyclic) bond motifs is 1. The maximum atomic E-state index is 11.5. The van der Waals surface area contributed by atoms with Gasteiger partial charge in [-0.3, -0.25) is 14.5 Å². The second-order valence-corrected chi connectivity index (χ2v) is 3.56. The molecule has 2 unspecified atom stereocenters. The first-order valence-corrected chi connectivity index (χ1v) is 4.61. The van der Waals surface area contributed by atoms with Crippen molar-refractivity contribution in [1.29, 1.82) is 0 Å². The van der Waals surface area contributed by atoms with Crippen LogP contribution in [0.15, 0.2) is 0 Å². The van der Waals surface area contributed by atoms with Crippen LogP contribution in [0.3, 0.4) is 0 Å². The molecule has 2 rings (SSSR count). The molecule has 1 heterocycles. The summed E-state index contributed by atoms with van der Waals surface area (Å²) in [6.07, 6.45) is 2.89. The first kappa shape index (κ1) is 7.77. The van der Waals surface area contributed by atoms with E-state index in [-0.39, 0.29) is 23.7 Å². The summed E-state index contributed by atoms with van der Waals surface area (Å²) in [4.78, 5) is 24.5. The standard InChI is InChI=1S/C9H13NO2/c1-2-10-8(11)6-4-3-5-7(6)9(10)12/h6-7H,2-5H2,1H3. The summed E-state index contributed by atoms with van der Waals surface area (Å²) in [5, 5.41) is 0. The highest BCUT2D eigenvalue weighted by Crippen LogP contribution is 2.39. The van der Waals surface area contributed by atoms with Crippen molar-refractivity contribution >= 4 is 11.8 Å². The smallest absolute Gasteiger partial charge is 0.233 e. The van der Waals surface area contributed by atoms with E-state index in [2.05, 4.69) is 0 Å². The number of carbonyl (C=O) groups excluding carboxylic acids is 2. The Kier molecular flexibility index (Phi) is 1.67. The summed E-state index contributed by atoms with van der Waals surface area (Å²) in [6.45, 7) is 2.40. The highest BCUT2D eigenvalue weighted by atomic mass is 16.2. The van der Waals surface area contributed by atoms with Gasteiger partial charge in [-0.05, 0) is 19.8 Å². The molecule has 2 atom stereocenters. The minimum Gasteiger partial charge on any atom is -0.282 e. The van der Waals surface area contributed by atoms with Gasteiger partial charge >= 0.3 is 0 Å². The highest BCUT2D eigenvalue weighted by molar-refractivity contribution is 6.05. The predicted octanol–water partition coefficient (Wildman–Crippen LogP) is 0.791. The zero-order chi connectivity index (χ0) is 8.72. The van der Waals surface area contributed by atoms with Crippen molar-refractivity contribution in [2.24, 2.45) is 11.8 Å². The number of carbonyl (C=O) groups is 2. The molecule has 1 saturated carbocycles. The Bertz CT molecular complexity index is 215. The molecule has 0 N–H and O–H groups in total. The highest BCUT2D eigenvalue weighted by Gasteiger charge is 2.48. The normalized spacial score (nSPS) is 34.6. The van der Waals surface area contributed by atoms with E-state index >= 15 is 0 Å². The van der Waals surface area contributed by atoms with E-state index < -0.39 is 0 Å². The average Bonchev–Trinajstić information content (AvgIpc) is 2.58. The Morgan fingerprint density at radius 3 is 2.17 bits per heavy atom. The lowest BCUT2D eigenvalue weighted by atomic mass is 10.00. The van der Waals surface area contributed by atoms with Gasteiger partial charge in [-0.25, -0.2) is 0 Å². The van der Waals surface area contributed by atoms with Crippen molar-refractivity contribution in [3.8, 4) is 0 Å². The Morgan fingerprint density at radius 1 is 1.25 bits per heavy atom. The molecule has 0 spiro atoms. The van der Waals surface area contributed by atoms with Crippen LogP contribution >= 0.6 is 0 Å². The quantitative estimate of drug-likeness (QED) is 0.541. The van der Waals surface area contributed by atoms with E-state index in [1.165, 1.54) is 4.90 Å². The molecule has 0 aromatic rings. The molecular formula is C9H13NO2. The van der Waals surface area contributed by atoms with Crippen LogP contribution in [0, 0.1) is 11.8 Å². The molecule has 0 aromatic carbocycles. The van der Waals surface area contributed by atoms with Crippen LogP contribution in [-0.2, 0) is 9.59 Å². The van der Waals surface area contributed by atoms with E-state index in [1.54, 1.807) is 0 Å². The number of hydrogen-bond acceptors (Lipinski definition) is 2. The van der Waals surface area contributed by atoms with Gasteiger partial charge in [0.25, 0.3) is 0 Å². The van der Waals surface area contributed by atoms with Crippen LogP contribution in [0.2, 0.25) is 0 Å². The van der Waals surface area contributed by atoms with E-state index in [9.17, 15) is 9.59 Å². The van der Waals surface area contributed by atoms with Crippen molar-refractivity contribution in [2.45, 2.75) is 26.2 Å².